The molecule has 78 valence electrons. The van der Waals surface area contributed by atoms with Gasteiger partial charge in [-0.3, -0.25) is 0 Å². The van der Waals surface area contributed by atoms with E-state index >= 15 is 0 Å². The second-order valence-corrected chi connectivity index (χ2v) is 3.59. The minimum absolute atomic E-state index is 1.22. The molecule has 0 aromatic heterocycles. The SMILES string of the molecule is C=C/C=C\C=C\c1ccc2ccccc2c1. The van der Waals surface area contributed by atoms with Crippen molar-refractivity contribution in [1.29, 1.82) is 0 Å². The zero-order chi connectivity index (χ0) is 11.2. The normalized spacial score (nSPS) is 11.5. The number of hydrogen-bond donors (Lipinski definition) is 0. The summed E-state index contributed by atoms with van der Waals surface area (Å²) in [4.78, 5) is 0. The van der Waals surface area contributed by atoms with Crippen molar-refractivity contribution >= 4 is 16.8 Å². The van der Waals surface area contributed by atoms with Crippen molar-refractivity contribution < 1.29 is 0 Å². The first-order valence-electron chi connectivity index (χ1n) is 5.35. The van der Waals surface area contributed by atoms with E-state index in [0.717, 1.165) is 0 Å². The summed E-state index contributed by atoms with van der Waals surface area (Å²) >= 11 is 0. The Balaban J connectivity index is 2.29. The van der Waals surface area contributed by atoms with Gasteiger partial charge in [-0.2, -0.15) is 0 Å². The zero-order valence-corrected chi connectivity index (χ0v) is 9.14. The standard InChI is InChI=1S/C16H14/c1-2-3-4-5-8-14-11-12-15-9-6-7-10-16(15)13-14/h2-13H,1H2/b4-3-,8-5+. The molecular formula is C16H14. The van der Waals surface area contributed by atoms with Crippen molar-refractivity contribution in [3.8, 4) is 0 Å². The van der Waals surface area contributed by atoms with Gasteiger partial charge in [-0.15, -0.1) is 0 Å². The second-order valence-electron chi connectivity index (χ2n) is 3.59. The summed E-state index contributed by atoms with van der Waals surface area (Å²) < 4.78 is 0. The second kappa shape index (κ2) is 5.13. The number of hydrogen-bond acceptors (Lipinski definition) is 0. The van der Waals surface area contributed by atoms with Gasteiger partial charge in [-0.25, -0.2) is 0 Å². The average Bonchev–Trinajstić information content (AvgIpc) is 2.34. The minimum atomic E-state index is 1.22. The van der Waals surface area contributed by atoms with Crippen LogP contribution in [0.25, 0.3) is 16.8 Å². The molecular weight excluding hydrogens is 192 g/mol. The lowest BCUT2D eigenvalue weighted by Crippen LogP contribution is -1.74. The van der Waals surface area contributed by atoms with Crippen molar-refractivity contribution in [2.24, 2.45) is 0 Å². The van der Waals surface area contributed by atoms with E-state index in [1.54, 1.807) is 6.08 Å². The highest BCUT2D eigenvalue weighted by Gasteiger charge is 1.91. The quantitative estimate of drug-likeness (QED) is 0.644. The number of fused-ring (bicyclic) bond motifs is 1. The van der Waals surface area contributed by atoms with Gasteiger partial charge in [-0.1, -0.05) is 73.4 Å². The molecule has 0 aliphatic heterocycles. The fourth-order valence-electron chi connectivity index (χ4n) is 1.62. The van der Waals surface area contributed by atoms with Crippen molar-refractivity contribution in [1.82, 2.24) is 0 Å². The number of allylic oxidation sites excluding steroid dienone is 4. The van der Waals surface area contributed by atoms with E-state index in [1.807, 2.05) is 18.2 Å². The number of rotatable bonds is 3. The summed E-state index contributed by atoms with van der Waals surface area (Å²) in [5.41, 5.74) is 1.22. The predicted octanol–water partition coefficient (Wildman–Crippen LogP) is 4.60. The highest BCUT2D eigenvalue weighted by molar-refractivity contribution is 5.84. The van der Waals surface area contributed by atoms with Crippen LogP contribution in [0.2, 0.25) is 0 Å². The molecule has 16 heavy (non-hydrogen) atoms. The van der Waals surface area contributed by atoms with Crippen LogP contribution in [0, 0.1) is 0 Å². The van der Waals surface area contributed by atoms with Crippen LogP contribution in [0.4, 0.5) is 0 Å². The molecule has 0 aliphatic carbocycles. The molecule has 0 bridgehead atoms. The first-order valence-corrected chi connectivity index (χ1v) is 5.35. The molecule has 0 heterocycles. The maximum Gasteiger partial charge on any atom is -0.0178 e. The molecule has 2 rings (SSSR count). The molecule has 0 fully saturated rings. The third-order valence-corrected chi connectivity index (χ3v) is 2.42. The molecule has 0 aliphatic rings. The van der Waals surface area contributed by atoms with E-state index in [1.165, 1.54) is 16.3 Å². The minimum Gasteiger partial charge on any atom is -0.0991 e. The number of benzene rings is 2. The third kappa shape index (κ3) is 2.48. The van der Waals surface area contributed by atoms with Gasteiger partial charge in [0.05, 0.1) is 0 Å². The van der Waals surface area contributed by atoms with Crippen molar-refractivity contribution in [3.05, 3.63) is 78.9 Å². The molecule has 0 radical (unpaired) electrons. The van der Waals surface area contributed by atoms with Gasteiger partial charge < -0.3 is 0 Å². The largest absolute Gasteiger partial charge is 0.0991 e. The maximum atomic E-state index is 3.63. The van der Waals surface area contributed by atoms with Crippen LogP contribution in [-0.4, -0.2) is 0 Å². The average molecular weight is 206 g/mol. The summed E-state index contributed by atoms with van der Waals surface area (Å²) in [6.07, 6.45) is 9.77. The highest BCUT2D eigenvalue weighted by atomic mass is 14.0. The molecule has 0 unspecified atom stereocenters. The molecule has 0 heteroatoms. The molecule has 0 saturated carbocycles. The molecule has 0 nitrogen and oxygen atoms in total. The highest BCUT2D eigenvalue weighted by Crippen LogP contribution is 2.16. The van der Waals surface area contributed by atoms with Crippen LogP contribution in [0.5, 0.6) is 0 Å². The van der Waals surface area contributed by atoms with E-state index in [9.17, 15) is 0 Å². The zero-order valence-electron chi connectivity index (χ0n) is 9.14. The van der Waals surface area contributed by atoms with Gasteiger partial charge in [0.1, 0.15) is 0 Å². The summed E-state index contributed by atoms with van der Waals surface area (Å²) in [6.45, 7) is 3.63. The van der Waals surface area contributed by atoms with Gasteiger partial charge in [0.2, 0.25) is 0 Å². The van der Waals surface area contributed by atoms with Gasteiger partial charge in [-0.05, 0) is 22.4 Å². The summed E-state index contributed by atoms with van der Waals surface area (Å²) in [6, 6.07) is 14.8. The molecule has 0 saturated heterocycles. The van der Waals surface area contributed by atoms with Crippen molar-refractivity contribution in [2.45, 2.75) is 0 Å². The maximum absolute atomic E-state index is 3.63. The van der Waals surface area contributed by atoms with Crippen LogP contribution in [0.1, 0.15) is 5.56 Å². The Labute approximate surface area is 96.2 Å². The van der Waals surface area contributed by atoms with Gasteiger partial charge >= 0.3 is 0 Å². The molecule has 2 aromatic carbocycles. The third-order valence-electron chi connectivity index (χ3n) is 2.42. The lowest BCUT2D eigenvalue weighted by Gasteiger charge is -1.98. The van der Waals surface area contributed by atoms with Crippen LogP contribution >= 0.6 is 0 Å². The monoisotopic (exact) mass is 206 g/mol. The van der Waals surface area contributed by atoms with Gasteiger partial charge in [0.25, 0.3) is 0 Å². The molecule has 0 spiro atoms. The van der Waals surface area contributed by atoms with Crippen LogP contribution in [-0.2, 0) is 0 Å². The Kier molecular flexibility index (Phi) is 3.35. The van der Waals surface area contributed by atoms with Crippen molar-refractivity contribution in [2.75, 3.05) is 0 Å². The molecule has 2 aromatic rings. The van der Waals surface area contributed by atoms with Gasteiger partial charge in [0, 0.05) is 0 Å². The van der Waals surface area contributed by atoms with Crippen LogP contribution < -0.4 is 0 Å². The Hall–Kier alpha value is -2.08. The summed E-state index contributed by atoms with van der Waals surface area (Å²) in [5, 5.41) is 2.55. The fraction of sp³-hybridized carbons (Fsp3) is 0. The first kappa shape index (κ1) is 10.4. The van der Waals surface area contributed by atoms with E-state index in [-0.39, 0.29) is 0 Å². The Morgan fingerprint density at radius 3 is 2.44 bits per heavy atom. The lowest BCUT2D eigenvalue weighted by atomic mass is 10.1. The van der Waals surface area contributed by atoms with Crippen molar-refractivity contribution in [3.63, 3.8) is 0 Å². The topological polar surface area (TPSA) is 0 Å². The van der Waals surface area contributed by atoms with Crippen LogP contribution in [0.15, 0.2) is 73.3 Å². The van der Waals surface area contributed by atoms with Gasteiger partial charge in [0.15, 0.2) is 0 Å². The van der Waals surface area contributed by atoms with E-state index in [4.69, 9.17) is 0 Å². The van der Waals surface area contributed by atoms with E-state index < -0.39 is 0 Å². The lowest BCUT2D eigenvalue weighted by molar-refractivity contribution is 1.70. The first-order chi connectivity index (χ1) is 7.90. The summed E-state index contributed by atoms with van der Waals surface area (Å²) in [5.74, 6) is 0. The predicted molar refractivity (Wildman–Crippen MR) is 72.3 cm³/mol. The summed E-state index contributed by atoms with van der Waals surface area (Å²) in [7, 11) is 0. The molecule has 0 N–H and O–H groups in total. The fourth-order valence-corrected chi connectivity index (χ4v) is 1.62. The Morgan fingerprint density at radius 1 is 0.812 bits per heavy atom. The molecule has 0 amide bonds. The smallest absolute Gasteiger partial charge is 0.0178 e. The molecule has 0 atom stereocenters. The van der Waals surface area contributed by atoms with E-state index in [0.29, 0.717) is 0 Å². The Bertz CT molecular complexity index is 545. The van der Waals surface area contributed by atoms with E-state index in [2.05, 4.69) is 55.1 Å². The Morgan fingerprint density at radius 2 is 1.62 bits per heavy atom. The van der Waals surface area contributed by atoms with Crippen LogP contribution in [0.3, 0.4) is 0 Å².